The fourth-order valence-corrected chi connectivity index (χ4v) is 1.97. The van der Waals surface area contributed by atoms with Gasteiger partial charge in [0.1, 0.15) is 5.75 Å². The molecule has 17 heavy (non-hydrogen) atoms. The second-order valence-electron chi connectivity index (χ2n) is 4.98. The molecule has 1 rings (SSSR count). The van der Waals surface area contributed by atoms with Crippen LogP contribution in [0.1, 0.15) is 26.3 Å². The number of anilines is 1. The highest BCUT2D eigenvalue weighted by Gasteiger charge is 2.23. The third-order valence-corrected chi connectivity index (χ3v) is 3.24. The fraction of sp³-hybridized carbons (Fsp3) is 0.462. The lowest BCUT2D eigenvalue weighted by Crippen LogP contribution is -2.28. The molecule has 0 unspecified atom stereocenters. The maximum absolute atomic E-state index is 12.0. The second-order valence-corrected chi connectivity index (χ2v) is 5.77. The molecule has 0 saturated heterocycles. The van der Waals surface area contributed by atoms with Gasteiger partial charge in [-0.1, -0.05) is 26.8 Å². The van der Waals surface area contributed by atoms with E-state index < -0.39 is 5.41 Å². The summed E-state index contributed by atoms with van der Waals surface area (Å²) in [6.07, 6.45) is 0. The number of rotatable bonds is 2. The van der Waals surface area contributed by atoms with E-state index in [2.05, 4.69) is 21.2 Å². The Morgan fingerprint density at radius 2 is 1.94 bits per heavy atom. The molecule has 0 fully saturated rings. The topological polar surface area (TPSA) is 38.3 Å². The molecular formula is C13H18BrNO2. The molecule has 0 atom stereocenters. The van der Waals surface area contributed by atoms with Gasteiger partial charge in [0.25, 0.3) is 0 Å². The van der Waals surface area contributed by atoms with Crippen LogP contribution in [0.15, 0.2) is 16.6 Å². The Balaban J connectivity index is 3.10. The molecule has 0 aliphatic rings. The highest BCUT2D eigenvalue weighted by atomic mass is 79.9. The highest BCUT2D eigenvalue weighted by Crippen LogP contribution is 2.35. The average Bonchev–Trinajstić information content (AvgIpc) is 2.22. The van der Waals surface area contributed by atoms with Crippen LogP contribution in [0.25, 0.3) is 0 Å². The maximum atomic E-state index is 12.0. The molecule has 1 amide bonds. The zero-order chi connectivity index (χ0) is 13.2. The molecule has 0 heterocycles. The van der Waals surface area contributed by atoms with Crippen LogP contribution in [-0.4, -0.2) is 13.0 Å². The quantitative estimate of drug-likeness (QED) is 0.903. The molecule has 0 saturated carbocycles. The maximum Gasteiger partial charge on any atom is 0.229 e. The van der Waals surface area contributed by atoms with Crippen LogP contribution in [0.4, 0.5) is 5.69 Å². The monoisotopic (exact) mass is 299 g/mol. The summed E-state index contributed by atoms with van der Waals surface area (Å²) in [5.74, 6) is 0.689. The van der Waals surface area contributed by atoms with Crippen molar-refractivity contribution in [2.75, 3.05) is 12.4 Å². The molecule has 3 nitrogen and oxygen atoms in total. The van der Waals surface area contributed by atoms with Gasteiger partial charge in [0, 0.05) is 5.41 Å². The predicted molar refractivity (Wildman–Crippen MR) is 73.5 cm³/mol. The van der Waals surface area contributed by atoms with E-state index in [1.807, 2.05) is 39.8 Å². The Kier molecular flexibility index (Phi) is 4.20. The molecule has 0 spiro atoms. The summed E-state index contributed by atoms with van der Waals surface area (Å²) in [5, 5.41) is 2.93. The number of amides is 1. The molecule has 4 heteroatoms. The van der Waals surface area contributed by atoms with Crippen LogP contribution in [0.2, 0.25) is 0 Å². The molecule has 0 aliphatic heterocycles. The number of aryl methyl sites for hydroxylation is 1. The lowest BCUT2D eigenvalue weighted by molar-refractivity contribution is -0.123. The van der Waals surface area contributed by atoms with Crippen molar-refractivity contribution in [2.24, 2.45) is 5.41 Å². The number of ether oxygens (including phenoxy) is 1. The number of methoxy groups -OCH3 is 1. The Morgan fingerprint density at radius 1 is 1.35 bits per heavy atom. The van der Waals surface area contributed by atoms with Gasteiger partial charge >= 0.3 is 0 Å². The van der Waals surface area contributed by atoms with Gasteiger partial charge in [-0.3, -0.25) is 4.79 Å². The molecule has 0 aliphatic carbocycles. The summed E-state index contributed by atoms with van der Waals surface area (Å²) in [6.45, 7) is 7.59. The van der Waals surface area contributed by atoms with Gasteiger partial charge in [0.15, 0.2) is 0 Å². The van der Waals surface area contributed by atoms with E-state index in [1.54, 1.807) is 7.11 Å². The Bertz CT molecular complexity index is 436. The number of hydrogen-bond donors (Lipinski definition) is 1. The number of nitrogens with one attached hydrogen (secondary N) is 1. The number of carbonyl (C=O) groups excluding carboxylic acids is 1. The van der Waals surface area contributed by atoms with E-state index in [4.69, 9.17) is 4.74 Å². The first-order chi connectivity index (χ1) is 7.77. The third kappa shape index (κ3) is 3.22. The van der Waals surface area contributed by atoms with E-state index >= 15 is 0 Å². The van der Waals surface area contributed by atoms with Crippen LogP contribution in [0, 0.1) is 12.3 Å². The van der Waals surface area contributed by atoms with Crippen LogP contribution in [-0.2, 0) is 4.79 Å². The molecule has 1 aromatic rings. The molecule has 0 aromatic heterocycles. The van der Waals surface area contributed by atoms with Crippen LogP contribution >= 0.6 is 15.9 Å². The Labute approximate surface area is 111 Å². The third-order valence-electron chi connectivity index (χ3n) is 2.45. The van der Waals surface area contributed by atoms with Crippen molar-refractivity contribution in [1.82, 2.24) is 0 Å². The first kappa shape index (κ1) is 14.0. The molecule has 1 aromatic carbocycles. The number of carbonyl (C=O) groups is 1. The summed E-state index contributed by atoms with van der Waals surface area (Å²) < 4.78 is 5.99. The Morgan fingerprint density at radius 3 is 2.41 bits per heavy atom. The number of halogens is 1. The van der Waals surface area contributed by atoms with Crippen LogP contribution in [0.5, 0.6) is 5.75 Å². The molecule has 0 radical (unpaired) electrons. The van der Waals surface area contributed by atoms with Gasteiger partial charge in [-0.15, -0.1) is 0 Å². The zero-order valence-corrected chi connectivity index (χ0v) is 12.4. The summed E-state index contributed by atoms with van der Waals surface area (Å²) >= 11 is 3.45. The largest absolute Gasteiger partial charge is 0.495 e. The lowest BCUT2D eigenvalue weighted by Gasteiger charge is -2.20. The van der Waals surface area contributed by atoms with Gasteiger partial charge < -0.3 is 10.1 Å². The smallest absolute Gasteiger partial charge is 0.229 e. The lowest BCUT2D eigenvalue weighted by atomic mass is 9.95. The van der Waals surface area contributed by atoms with E-state index in [0.29, 0.717) is 5.75 Å². The highest BCUT2D eigenvalue weighted by molar-refractivity contribution is 9.10. The first-order valence-electron chi connectivity index (χ1n) is 5.42. The van der Waals surface area contributed by atoms with E-state index in [9.17, 15) is 4.79 Å². The van der Waals surface area contributed by atoms with Gasteiger partial charge in [-0.05, 0) is 34.5 Å². The SMILES string of the molecule is COc1ccc(C)c(NC(=O)C(C)(C)C)c1Br. The molecule has 94 valence electrons. The molecular weight excluding hydrogens is 282 g/mol. The fourth-order valence-electron chi connectivity index (χ4n) is 1.27. The van der Waals surface area contributed by atoms with Crippen molar-refractivity contribution in [3.8, 4) is 5.75 Å². The zero-order valence-electron chi connectivity index (χ0n) is 10.8. The summed E-state index contributed by atoms with van der Waals surface area (Å²) in [4.78, 5) is 12.0. The van der Waals surface area contributed by atoms with Crippen LogP contribution < -0.4 is 10.1 Å². The van der Waals surface area contributed by atoms with Gasteiger partial charge in [-0.25, -0.2) is 0 Å². The van der Waals surface area contributed by atoms with Crippen molar-refractivity contribution in [3.05, 3.63) is 22.2 Å². The summed E-state index contributed by atoms with van der Waals surface area (Å²) in [6, 6.07) is 3.79. The minimum absolute atomic E-state index is 0.0189. The standard InChI is InChI=1S/C13H18BrNO2/c1-8-6-7-9(17-5)10(14)11(8)15-12(16)13(2,3)4/h6-7H,1-5H3,(H,15,16). The average molecular weight is 300 g/mol. The summed E-state index contributed by atoms with van der Waals surface area (Å²) in [7, 11) is 1.60. The molecule has 1 N–H and O–H groups in total. The minimum atomic E-state index is -0.422. The van der Waals surface area contributed by atoms with E-state index in [0.717, 1.165) is 15.7 Å². The van der Waals surface area contributed by atoms with Crippen molar-refractivity contribution >= 4 is 27.5 Å². The van der Waals surface area contributed by atoms with Gasteiger partial charge in [-0.2, -0.15) is 0 Å². The summed E-state index contributed by atoms with van der Waals surface area (Å²) in [5.41, 5.74) is 1.34. The Hall–Kier alpha value is -1.03. The minimum Gasteiger partial charge on any atom is -0.495 e. The van der Waals surface area contributed by atoms with Crippen molar-refractivity contribution in [2.45, 2.75) is 27.7 Å². The number of hydrogen-bond acceptors (Lipinski definition) is 2. The van der Waals surface area contributed by atoms with Crippen molar-refractivity contribution in [1.29, 1.82) is 0 Å². The van der Waals surface area contributed by atoms with E-state index in [-0.39, 0.29) is 5.91 Å². The first-order valence-corrected chi connectivity index (χ1v) is 6.21. The molecule has 0 bridgehead atoms. The van der Waals surface area contributed by atoms with Crippen molar-refractivity contribution < 1.29 is 9.53 Å². The van der Waals surface area contributed by atoms with E-state index in [1.165, 1.54) is 0 Å². The van der Waals surface area contributed by atoms with Gasteiger partial charge in [0.05, 0.1) is 17.3 Å². The second kappa shape index (κ2) is 5.08. The normalized spacial score (nSPS) is 11.2. The number of benzene rings is 1. The predicted octanol–water partition coefficient (Wildman–Crippen LogP) is 3.75. The van der Waals surface area contributed by atoms with Crippen molar-refractivity contribution in [3.63, 3.8) is 0 Å². The van der Waals surface area contributed by atoms with Crippen LogP contribution in [0.3, 0.4) is 0 Å². The van der Waals surface area contributed by atoms with Gasteiger partial charge in [0.2, 0.25) is 5.91 Å².